The lowest BCUT2D eigenvalue weighted by Crippen LogP contribution is -2.54. The van der Waals surface area contributed by atoms with Crippen LogP contribution in [0.3, 0.4) is 0 Å². The topological polar surface area (TPSA) is 60.7 Å². The van der Waals surface area contributed by atoms with Crippen molar-refractivity contribution < 1.29 is 15.3 Å². The molecule has 0 aromatic heterocycles. The van der Waals surface area contributed by atoms with Gasteiger partial charge >= 0.3 is 0 Å². The van der Waals surface area contributed by atoms with Crippen molar-refractivity contribution in [3.63, 3.8) is 0 Å². The van der Waals surface area contributed by atoms with E-state index >= 15 is 0 Å². The molecule has 0 spiro atoms. The van der Waals surface area contributed by atoms with Gasteiger partial charge in [-0.2, -0.15) is 0 Å². The number of fused-ring (bicyclic) bond motifs is 1. The Morgan fingerprint density at radius 2 is 1.78 bits per heavy atom. The van der Waals surface area contributed by atoms with Gasteiger partial charge in [-0.05, 0) is 70.1 Å². The van der Waals surface area contributed by atoms with Gasteiger partial charge in [-0.3, -0.25) is 0 Å². The Morgan fingerprint density at radius 3 is 2.33 bits per heavy atom. The molecule has 0 saturated heterocycles. The molecule has 2 aliphatic carbocycles. The van der Waals surface area contributed by atoms with Crippen molar-refractivity contribution in [1.82, 2.24) is 0 Å². The first-order valence-electron chi connectivity index (χ1n) is 7.19. The summed E-state index contributed by atoms with van der Waals surface area (Å²) in [6, 6.07) is 0. The number of hydrogen-bond donors (Lipinski definition) is 3. The minimum absolute atomic E-state index is 0.0974. The Hall–Kier alpha value is -0.120. The standard InChI is InChI=1S/C15H28O3/c1-13(2,17)9-10-5-7-14(3)11(16)6-8-15(4,18)12(10)14/h10-12,16-18H,5-9H2,1-4H3/t10?,11?,12?,14-,15-/m0/s1. The summed E-state index contributed by atoms with van der Waals surface area (Å²) in [5, 5.41) is 31.1. The molecule has 5 atom stereocenters. The van der Waals surface area contributed by atoms with E-state index in [-0.39, 0.29) is 17.4 Å². The predicted octanol–water partition coefficient (Wildman–Crippen LogP) is 2.09. The number of aliphatic hydroxyl groups excluding tert-OH is 1. The fourth-order valence-corrected chi connectivity index (χ4v) is 4.72. The Balaban J connectivity index is 2.27. The van der Waals surface area contributed by atoms with Crippen LogP contribution >= 0.6 is 0 Å². The van der Waals surface area contributed by atoms with Crippen LogP contribution in [0.4, 0.5) is 0 Å². The molecule has 3 N–H and O–H groups in total. The van der Waals surface area contributed by atoms with Gasteiger partial charge in [-0.1, -0.05) is 6.92 Å². The van der Waals surface area contributed by atoms with Gasteiger partial charge in [0.15, 0.2) is 0 Å². The monoisotopic (exact) mass is 256 g/mol. The Kier molecular flexibility index (Phi) is 3.33. The van der Waals surface area contributed by atoms with E-state index in [9.17, 15) is 15.3 Å². The fraction of sp³-hybridized carbons (Fsp3) is 1.00. The lowest BCUT2D eigenvalue weighted by Gasteiger charge is -2.51. The second-order valence-corrected chi connectivity index (χ2v) is 7.71. The molecule has 18 heavy (non-hydrogen) atoms. The molecule has 0 aromatic rings. The lowest BCUT2D eigenvalue weighted by molar-refractivity contribution is -0.152. The summed E-state index contributed by atoms with van der Waals surface area (Å²) in [4.78, 5) is 0. The molecule has 3 heteroatoms. The van der Waals surface area contributed by atoms with Crippen molar-refractivity contribution >= 4 is 0 Å². The van der Waals surface area contributed by atoms with Gasteiger partial charge in [0.1, 0.15) is 0 Å². The summed E-state index contributed by atoms with van der Waals surface area (Å²) >= 11 is 0. The zero-order chi connectivity index (χ0) is 13.8. The van der Waals surface area contributed by atoms with Crippen LogP contribution < -0.4 is 0 Å². The number of hydrogen-bond acceptors (Lipinski definition) is 3. The summed E-state index contributed by atoms with van der Waals surface area (Å²) < 4.78 is 0. The Bertz CT molecular complexity index is 318. The third-order valence-electron chi connectivity index (χ3n) is 5.35. The van der Waals surface area contributed by atoms with Crippen LogP contribution in [0.2, 0.25) is 0 Å². The quantitative estimate of drug-likeness (QED) is 0.709. The lowest BCUT2D eigenvalue weighted by atomic mass is 9.58. The van der Waals surface area contributed by atoms with Gasteiger partial charge in [0.25, 0.3) is 0 Å². The van der Waals surface area contributed by atoms with E-state index in [2.05, 4.69) is 6.92 Å². The highest BCUT2D eigenvalue weighted by Gasteiger charge is 2.59. The molecule has 0 aliphatic heterocycles. The van der Waals surface area contributed by atoms with E-state index in [1.807, 2.05) is 20.8 Å². The van der Waals surface area contributed by atoms with Crippen molar-refractivity contribution in [2.45, 2.75) is 77.1 Å². The predicted molar refractivity (Wildman–Crippen MR) is 71.1 cm³/mol. The molecule has 0 radical (unpaired) electrons. The van der Waals surface area contributed by atoms with E-state index in [0.29, 0.717) is 25.2 Å². The van der Waals surface area contributed by atoms with Crippen molar-refractivity contribution in [3.8, 4) is 0 Å². The van der Waals surface area contributed by atoms with Gasteiger partial charge < -0.3 is 15.3 Å². The summed E-state index contributed by atoms with van der Waals surface area (Å²) in [7, 11) is 0. The van der Waals surface area contributed by atoms with Crippen LogP contribution in [0.15, 0.2) is 0 Å². The molecule has 0 heterocycles. The minimum Gasteiger partial charge on any atom is -0.393 e. The third kappa shape index (κ3) is 2.33. The molecule has 3 nitrogen and oxygen atoms in total. The molecule has 2 saturated carbocycles. The fourth-order valence-electron chi connectivity index (χ4n) is 4.72. The zero-order valence-corrected chi connectivity index (χ0v) is 12.1. The Labute approximate surface area is 110 Å². The van der Waals surface area contributed by atoms with E-state index in [4.69, 9.17) is 0 Å². The molecule has 2 fully saturated rings. The molecule has 106 valence electrons. The smallest absolute Gasteiger partial charge is 0.0657 e. The van der Waals surface area contributed by atoms with Crippen LogP contribution in [0.1, 0.15) is 59.8 Å². The highest BCUT2D eigenvalue weighted by Crippen LogP contribution is 2.59. The Morgan fingerprint density at radius 1 is 1.17 bits per heavy atom. The summed E-state index contributed by atoms with van der Waals surface area (Å²) in [5.41, 5.74) is -1.59. The first-order chi connectivity index (χ1) is 8.06. The van der Waals surface area contributed by atoms with Gasteiger partial charge in [-0.25, -0.2) is 0 Å². The van der Waals surface area contributed by atoms with Crippen LogP contribution in [-0.4, -0.2) is 32.6 Å². The first kappa shape index (κ1) is 14.3. The van der Waals surface area contributed by atoms with Crippen molar-refractivity contribution in [2.24, 2.45) is 17.3 Å². The van der Waals surface area contributed by atoms with Crippen LogP contribution in [0, 0.1) is 17.3 Å². The molecular weight excluding hydrogens is 228 g/mol. The molecule has 0 bridgehead atoms. The SMILES string of the molecule is CC(C)(O)CC1CC[C@@]2(C)C(O)CC[C@](C)(O)C12. The maximum Gasteiger partial charge on any atom is 0.0657 e. The second kappa shape index (κ2) is 4.19. The van der Waals surface area contributed by atoms with Gasteiger partial charge in [0, 0.05) is 0 Å². The zero-order valence-electron chi connectivity index (χ0n) is 12.1. The van der Waals surface area contributed by atoms with Crippen molar-refractivity contribution in [2.75, 3.05) is 0 Å². The largest absolute Gasteiger partial charge is 0.393 e. The highest BCUT2D eigenvalue weighted by molar-refractivity contribution is 5.09. The number of rotatable bonds is 2. The average Bonchev–Trinajstić information content (AvgIpc) is 2.51. The van der Waals surface area contributed by atoms with E-state index in [0.717, 1.165) is 12.8 Å². The highest BCUT2D eigenvalue weighted by atomic mass is 16.3. The summed E-state index contributed by atoms with van der Waals surface area (Å²) in [6.45, 7) is 7.68. The molecule has 3 unspecified atom stereocenters. The van der Waals surface area contributed by atoms with Crippen LogP contribution in [-0.2, 0) is 0 Å². The summed E-state index contributed by atoms with van der Waals surface area (Å²) in [5.74, 6) is 0.403. The van der Waals surface area contributed by atoms with Gasteiger partial charge in [0.2, 0.25) is 0 Å². The van der Waals surface area contributed by atoms with Gasteiger partial charge in [-0.15, -0.1) is 0 Å². The van der Waals surface area contributed by atoms with E-state index < -0.39 is 11.2 Å². The first-order valence-corrected chi connectivity index (χ1v) is 7.19. The van der Waals surface area contributed by atoms with Crippen molar-refractivity contribution in [1.29, 1.82) is 0 Å². The van der Waals surface area contributed by atoms with Gasteiger partial charge in [0.05, 0.1) is 17.3 Å². The normalized spacial score (nSPS) is 49.2. The number of aliphatic hydroxyl groups is 3. The van der Waals surface area contributed by atoms with E-state index in [1.165, 1.54) is 0 Å². The average molecular weight is 256 g/mol. The maximum absolute atomic E-state index is 10.7. The molecular formula is C15H28O3. The minimum atomic E-state index is -0.708. The van der Waals surface area contributed by atoms with E-state index in [1.54, 1.807) is 0 Å². The van der Waals surface area contributed by atoms with Crippen LogP contribution in [0.5, 0.6) is 0 Å². The van der Waals surface area contributed by atoms with Crippen LogP contribution in [0.25, 0.3) is 0 Å². The van der Waals surface area contributed by atoms with Crippen molar-refractivity contribution in [3.05, 3.63) is 0 Å². The maximum atomic E-state index is 10.7. The third-order valence-corrected chi connectivity index (χ3v) is 5.35. The molecule has 0 amide bonds. The molecule has 2 rings (SSSR count). The molecule has 0 aromatic carbocycles. The molecule has 2 aliphatic rings. The summed E-state index contributed by atoms with van der Waals surface area (Å²) in [6.07, 6.45) is 3.70. The second-order valence-electron chi connectivity index (χ2n) is 7.71.